The van der Waals surface area contributed by atoms with Gasteiger partial charge in [0.1, 0.15) is 5.75 Å². The maximum absolute atomic E-state index is 10.2. The average Bonchev–Trinajstić information content (AvgIpc) is 3.11. The Morgan fingerprint density at radius 1 is 1.27 bits per heavy atom. The topological polar surface area (TPSA) is 29.5 Å². The van der Waals surface area contributed by atoms with Crippen LogP contribution in [-0.2, 0) is 4.74 Å². The van der Waals surface area contributed by atoms with Crippen LogP contribution in [0.4, 0.5) is 0 Å². The maximum atomic E-state index is 10.2. The van der Waals surface area contributed by atoms with Gasteiger partial charge in [0.05, 0.1) is 12.7 Å². The quantitative estimate of drug-likeness (QED) is 0.559. The number of aromatic hydroxyl groups is 1. The summed E-state index contributed by atoms with van der Waals surface area (Å²) in [6.45, 7) is 6.75. The summed E-state index contributed by atoms with van der Waals surface area (Å²) in [5.41, 5.74) is 5.42. The zero-order valence-electron chi connectivity index (χ0n) is 14.9. The molecule has 2 aromatic carbocycles. The molecule has 0 amide bonds. The van der Waals surface area contributed by atoms with Crippen LogP contribution < -0.4 is 0 Å². The molecular weight excluding hydrogens is 388 g/mol. The van der Waals surface area contributed by atoms with Crippen molar-refractivity contribution < 1.29 is 9.84 Å². The van der Waals surface area contributed by atoms with Crippen molar-refractivity contribution in [1.29, 1.82) is 0 Å². The number of halogens is 1. The van der Waals surface area contributed by atoms with Crippen molar-refractivity contribution in [3.63, 3.8) is 0 Å². The van der Waals surface area contributed by atoms with E-state index in [2.05, 4.69) is 46.8 Å². The van der Waals surface area contributed by atoms with Gasteiger partial charge >= 0.3 is 0 Å². The molecule has 3 rings (SSSR count). The van der Waals surface area contributed by atoms with Crippen LogP contribution in [-0.4, -0.2) is 17.8 Å². The minimum atomic E-state index is 0.0933. The second kappa shape index (κ2) is 8.52. The minimum Gasteiger partial charge on any atom is -0.507 e. The summed E-state index contributed by atoms with van der Waals surface area (Å²) < 4.78 is 6.81. The van der Waals surface area contributed by atoms with Crippen LogP contribution in [0.25, 0.3) is 11.6 Å². The van der Waals surface area contributed by atoms with Gasteiger partial charge in [-0.25, -0.2) is 0 Å². The lowest BCUT2D eigenvalue weighted by Gasteiger charge is -2.17. The van der Waals surface area contributed by atoms with Crippen molar-refractivity contribution in [3.05, 3.63) is 87.9 Å². The molecule has 1 aliphatic heterocycles. The highest BCUT2D eigenvalue weighted by Gasteiger charge is 2.20. The number of phenolic OH excluding ortho intramolecular Hbond substituents is 1. The Labute approximate surface area is 163 Å². The molecule has 1 N–H and O–H groups in total. The number of hydrogen-bond acceptors (Lipinski definition) is 2. The first-order valence-electron chi connectivity index (χ1n) is 8.76. The van der Waals surface area contributed by atoms with E-state index in [1.165, 1.54) is 11.1 Å². The standard InChI is InChI=1S/C23H23BrO2/c1-16(2)21-12-13-26-23(21)11-8-18(17-6-4-3-5-7-17)14-19-15-20(24)9-10-22(19)25/h3-7,9-10,12,14-15,23,25H,1,8,11,13H2,2H3/b18-14-. The largest absolute Gasteiger partial charge is 0.507 e. The zero-order chi connectivity index (χ0) is 18.5. The van der Waals surface area contributed by atoms with Gasteiger partial charge in [-0.3, -0.25) is 0 Å². The first kappa shape index (κ1) is 18.7. The summed E-state index contributed by atoms with van der Waals surface area (Å²) >= 11 is 3.48. The summed E-state index contributed by atoms with van der Waals surface area (Å²) in [6.07, 6.45) is 6.02. The molecule has 0 fully saturated rings. The second-order valence-electron chi connectivity index (χ2n) is 6.54. The van der Waals surface area contributed by atoms with Crippen molar-refractivity contribution in [2.24, 2.45) is 0 Å². The SMILES string of the molecule is C=C(C)C1=CCOC1CC/C(=C/c1cc(Br)ccc1O)c1ccccc1. The molecular formula is C23H23BrO2. The molecule has 0 spiro atoms. The monoisotopic (exact) mass is 410 g/mol. The molecule has 0 bridgehead atoms. The molecule has 1 heterocycles. The van der Waals surface area contributed by atoms with Gasteiger partial charge in [0.15, 0.2) is 0 Å². The number of benzene rings is 2. The van der Waals surface area contributed by atoms with E-state index in [0.717, 1.165) is 34.0 Å². The summed E-state index contributed by atoms with van der Waals surface area (Å²) in [6, 6.07) is 15.8. The van der Waals surface area contributed by atoms with Gasteiger partial charge in [-0.1, -0.05) is 64.5 Å². The normalized spacial score (nSPS) is 17.2. The lowest BCUT2D eigenvalue weighted by Crippen LogP contribution is -2.11. The van der Waals surface area contributed by atoms with Crippen LogP contribution >= 0.6 is 15.9 Å². The van der Waals surface area contributed by atoms with Gasteiger partial charge in [-0.2, -0.15) is 0 Å². The fourth-order valence-corrected chi connectivity index (χ4v) is 3.61. The number of phenols is 1. The highest BCUT2D eigenvalue weighted by Crippen LogP contribution is 2.32. The van der Waals surface area contributed by atoms with E-state index in [9.17, 15) is 5.11 Å². The summed E-state index contributed by atoms with van der Waals surface area (Å²) in [5, 5.41) is 10.2. The van der Waals surface area contributed by atoms with Crippen LogP contribution in [0.5, 0.6) is 5.75 Å². The van der Waals surface area contributed by atoms with Crippen LogP contribution in [0.2, 0.25) is 0 Å². The molecule has 1 atom stereocenters. The predicted molar refractivity (Wildman–Crippen MR) is 112 cm³/mol. The van der Waals surface area contributed by atoms with E-state index in [0.29, 0.717) is 6.61 Å². The minimum absolute atomic E-state index is 0.0933. The second-order valence-corrected chi connectivity index (χ2v) is 7.45. The van der Waals surface area contributed by atoms with Gasteiger partial charge in [-0.05, 0) is 60.8 Å². The van der Waals surface area contributed by atoms with Crippen LogP contribution in [0.3, 0.4) is 0 Å². The van der Waals surface area contributed by atoms with Gasteiger partial charge in [0.2, 0.25) is 0 Å². The molecule has 1 unspecified atom stereocenters. The highest BCUT2D eigenvalue weighted by molar-refractivity contribution is 9.10. The number of hydrogen-bond donors (Lipinski definition) is 1. The van der Waals surface area contributed by atoms with E-state index in [1.54, 1.807) is 6.07 Å². The highest BCUT2D eigenvalue weighted by atomic mass is 79.9. The van der Waals surface area contributed by atoms with E-state index in [4.69, 9.17) is 4.74 Å². The Bertz CT molecular complexity index is 850. The predicted octanol–water partition coefficient (Wildman–Crippen LogP) is 6.38. The molecule has 1 aliphatic rings. The van der Waals surface area contributed by atoms with Crippen molar-refractivity contribution in [3.8, 4) is 5.75 Å². The van der Waals surface area contributed by atoms with E-state index >= 15 is 0 Å². The maximum Gasteiger partial charge on any atom is 0.122 e. The summed E-state index contributed by atoms with van der Waals surface area (Å²) in [4.78, 5) is 0. The van der Waals surface area contributed by atoms with Crippen LogP contribution in [0, 0.1) is 0 Å². The van der Waals surface area contributed by atoms with Crippen LogP contribution in [0.1, 0.15) is 30.9 Å². The first-order valence-corrected chi connectivity index (χ1v) is 9.56. The van der Waals surface area contributed by atoms with Crippen molar-refractivity contribution in [1.82, 2.24) is 0 Å². The number of ether oxygens (including phenoxy) is 1. The lowest BCUT2D eigenvalue weighted by atomic mass is 9.93. The van der Waals surface area contributed by atoms with Crippen molar-refractivity contribution in [2.75, 3.05) is 6.61 Å². The molecule has 0 aliphatic carbocycles. The third-order valence-corrected chi connectivity index (χ3v) is 5.07. The smallest absolute Gasteiger partial charge is 0.122 e. The average molecular weight is 411 g/mol. The van der Waals surface area contributed by atoms with E-state index < -0.39 is 0 Å². The Hall–Kier alpha value is -2.10. The molecule has 3 heteroatoms. The van der Waals surface area contributed by atoms with Gasteiger partial charge in [0, 0.05) is 10.0 Å². The summed E-state index contributed by atoms with van der Waals surface area (Å²) in [7, 11) is 0. The van der Waals surface area contributed by atoms with Crippen LogP contribution in [0.15, 0.2) is 76.8 Å². The Kier molecular flexibility index (Phi) is 6.12. The molecule has 26 heavy (non-hydrogen) atoms. The fraction of sp³-hybridized carbons (Fsp3) is 0.217. The van der Waals surface area contributed by atoms with Gasteiger partial charge in [0.25, 0.3) is 0 Å². The van der Waals surface area contributed by atoms with Crippen molar-refractivity contribution >= 4 is 27.6 Å². The third kappa shape index (κ3) is 4.54. The van der Waals surface area contributed by atoms with Crippen molar-refractivity contribution in [2.45, 2.75) is 25.9 Å². The molecule has 134 valence electrons. The van der Waals surface area contributed by atoms with E-state index in [1.807, 2.05) is 37.3 Å². The first-order chi connectivity index (χ1) is 12.5. The molecule has 0 aromatic heterocycles. The lowest BCUT2D eigenvalue weighted by molar-refractivity contribution is 0.117. The fourth-order valence-electron chi connectivity index (χ4n) is 3.23. The number of allylic oxidation sites excluding steroid dienone is 1. The molecule has 0 saturated carbocycles. The Morgan fingerprint density at radius 2 is 2.04 bits per heavy atom. The molecule has 0 saturated heterocycles. The van der Waals surface area contributed by atoms with E-state index in [-0.39, 0.29) is 11.9 Å². The summed E-state index contributed by atoms with van der Waals surface area (Å²) in [5.74, 6) is 0.279. The molecule has 2 aromatic rings. The zero-order valence-corrected chi connectivity index (χ0v) is 16.5. The molecule has 2 nitrogen and oxygen atoms in total. The Morgan fingerprint density at radius 3 is 2.77 bits per heavy atom. The third-order valence-electron chi connectivity index (χ3n) is 4.58. The molecule has 0 radical (unpaired) electrons. The Balaban J connectivity index is 1.87. The number of rotatable bonds is 6. The van der Waals surface area contributed by atoms with Gasteiger partial charge in [-0.15, -0.1) is 0 Å². The van der Waals surface area contributed by atoms with Gasteiger partial charge < -0.3 is 9.84 Å².